The van der Waals surface area contributed by atoms with E-state index in [0.29, 0.717) is 6.61 Å². The van der Waals surface area contributed by atoms with Gasteiger partial charge in [0.2, 0.25) is 0 Å². The van der Waals surface area contributed by atoms with Gasteiger partial charge in [0.1, 0.15) is 12.0 Å². The van der Waals surface area contributed by atoms with E-state index in [4.69, 9.17) is 9.15 Å². The van der Waals surface area contributed by atoms with Gasteiger partial charge in [0.15, 0.2) is 0 Å². The van der Waals surface area contributed by atoms with Crippen LogP contribution in [0.2, 0.25) is 0 Å². The van der Waals surface area contributed by atoms with E-state index in [0.717, 1.165) is 30.5 Å². The average molecular weight is 180 g/mol. The van der Waals surface area contributed by atoms with Gasteiger partial charge < -0.3 is 13.9 Å². The van der Waals surface area contributed by atoms with Crippen LogP contribution in [0.1, 0.15) is 24.2 Å². The maximum absolute atomic E-state index is 10.8. The first-order chi connectivity index (χ1) is 6.32. The van der Waals surface area contributed by atoms with Crippen molar-refractivity contribution in [1.29, 1.82) is 0 Å². The predicted octanol–water partition coefficient (Wildman–Crippen LogP) is 1.66. The molecule has 0 radical (unpaired) electrons. The highest BCUT2D eigenvalue weighted by molar-refractivity contribution is 5.72. The van der Waals surface area contributed by atoms with E-state index < -0.39 is 0 Å². The van der Waals surface area contributed by atoms with Gasteiger partial charge in [0.05, 0.1) is 18.3 Å². The Hall–Kier alpha value is -1.09. The number of ether oxygens (including phenoxy) is 1. The molecule has 0 unspecified atom stereocenters. The summed E-state index contributed by atoms with van der Waals surface area (Å²) in [7, 11) is 1.64. The summed E-state index contributed by atoms with van der Waals surface area (Å²) in [6.07, 6.45) is 4.42. The molecule has 0 amide bonds. The molecule has 13 heavy (non-hydrogen) atoms. The maximum Gasteiger partial charge on any atom is 0.133 e. The molecule has 1 aromatic rings. The van der Waals surface area contributed by atoms with Crippen LogP contribution >= 0.6 is 0 Å². The normalized spacial score (nSPS) is 18.5. The highest BCUT2D eigenvalue weighted by Gasteiger charge is 2.48. The molecule has 0 bridgehead atoms. The van der Waals surface area contributed by atoms with Crippen molar-refractivity contribution in [3.63, 3.8) is 0 Å². The highest BCUT2D eigenvalue weighted by Crippen LogP contribution is 2.47. The van der Waals surface area contributed by atoms with Crippen LogP contribution in [0.5, 0.6) is 0 Å². The zero-order valence-corrected chi connectivity index (χ0v) is 7.58. The van der Waals surface area contributed by atoms with Crippen molar-refractivity contribution in [2.24, 2.45) is 0 Å². The summed E-state index contributed by atoms with van der Waals surface area (Å²) in [6.45, 7) is 0.515. The molecule has 70 valence electrons. The second-order valence-corrected chi connectivity index (χ2v) is 3.48. The lowest BCUT2D eigenvalue weighted by molar-refractivity contribution is -0.110. The van der Waals surface area contributed by atoms with Gasteiger partial charge in [-0.15, -0.1) is 0 Å². The van der Waals surface area contributed by atoms with E-state index in [1.165, 1.54) is 0 Å². The zero-order valence-electron chi connectivity index (χ0n) is 7.58. The zero-order chi connectivity index (χ0) is 9.31. The summed E-state index contributed by atoms with van der Waals surface area (Å²) in [6, 6.07) is 1.86. The molecule has 3 heteroatoms. The Morgan fingerprint density at radius 3 is 3.00 bits per heavy atom. The van der Waals surface area contributed by atoms with Gasteiger partial charge in [-0.05, 0) is 18.9 Å². The van der Waals surface area contributed by atoms with Crippen LogP contribution in [0, 0.1) is 0 Å². The largest absolute Gasteiger partial charge is 0.468 e. The van der Waals surface area contributed by atoms with Gasteiger partial charge in [0, 0.05) is 12.7 Å². The van der Waals surface area contributed by atoms with E-state index in [1.54, 1.807) is 13.4 Å². The number of methoxy groups -OCH3 is 1. The quantitative estimate of drug-likeness (QED) is 0.661. The Kier molecular flexibility index (Phi) is 1.96. The summed E-state index contributed by atoms with van der Waals surface area (Å²) < 4.78 is 10.3. The van der Waals surface area contributed by atoms with Crippen LogP contribution in [0.3, 0.4) is 0 Å². The molecule has 1 aliphatic carbocycles. The number of aldehydes is 1. The Morgan fingerprint density at radius 2 is 2.46 bits per heavy atom. The number of carbonyl (C=O) groups excluding carboxylic acids is 1. The summed E-state index contributed by atoms with van der Waals surface area (Å²) in [5.74, 6) is 0.796. The molecule has 1 fully saturated rings. The summed E-state index contributed by atoms with van der Waals surface area (Å²) in [4.78, 5) is 10.8. The molecule has 0 saturated heterocycles. The van der Waals surface area contributed by atoms with E-state index >= 15 is 0 Å². The molecular formula is C10H12O3. The van der Waals surface area contributed by atoms with Gasteiger partial charge in [-0.2, -0.15) is 0 Å². The predicted molar refractivity (Wildman–Crippen MR) is 46.4 cm³/mol. The molecule has 1 aliphatic rings. The molecule has 0 aliphatic heterocycles. The maximum atomic E-state index is 10.8. The summed E-state index contributed by atoms with van der Waals surface area (Å²) in [5.41, 5.74) is 0.671. The lowest BCUT2D eigenvalue weighted by Gasteiger charge is -2.05. The first-order valence-corrected chi connectivity index (χ1v) is 4.34. The van der Waals surface area contributed by atoms with Crippen LogP contribution < -0.4 is 0 Å². The third-order valence-corrected chi connectivity index (χ3v) is 2.51. The van der Waals surface area contributed by atoms with Gasteiger partial charge in [-0.3, -0.25) is 0 Å². The van der Waals surface area contributed by atoms with Crippen LogP contribution in [-0.2, 0) is 21.6 Å². The summed E-state index contributed by atoms with van der Waals surface area (Å²) >= 11 is 0. The first-order valence-electron chi connectivity index (χ1n) is 4.34. The number of carbonyl (C=O) groups is 1. The van der Waals surface area contributed by atoms with Crippen LogP contribution in [0.15, 0.2) is 16.7 Å². The Labute approximate surface area is 76.7 Å². The Morgan fingerprint density at radius 1 is 1.69 bits per heavy atom. The van der Waals surface area contributed by atoms with Crippen molar-refractivity contribution in [1.82, 2.24) is 0 Å². The van der Waals surface area contributed by atoms with Crippen LogP contribution in [-0.4, -0.2) is 13.4 Å². The van der Waals surface area contributed by atoms with Gasteiger partial charge in [0.25, 0.3) is 0 Å². The monoisotopic (exact) mass is 180 g/mol. The van der Waals surface area contributed by atoms with E-state index in [2.05, 4.69) is 0 Å². The van der Waals surface area contributed by atoms with Crippen molar-refractivity contribution in [3.05, 3.63) is 23.7 Å². The standard InChI is InChI=1S/C10H12O3/c1-12-6-8-2-5-13-9(8)10(7-11)3-4-10/h2,5,7H,3-4,6H2,1H3. The van der Waals surface area contributed by atoms with Gasteiger partial charge in [-0.1, -0.05) is 0 Å². The molecule has 0 aromatic carbocycles. The van der Waals surface area contributed by atoms with E-state index in [9.17, 15) is 4.79 Å². The third-order valence-electron chi connectivity index (χ3n) is 2.51. The van der Waals surface area contributed by atoms with Crippen molar-refractivity contribution in [2.45, 2.75) is 24.9 Å². The molecule has 1 aromatic heterocycles. The highest BCUT2D eigenvalue weighted by atomic mass is 16.5. The first kappa shape index (κ1) is 8.51. The number of hydrogen-bond donors (Lipinski definition) is 0. The van der Waals surface area contributed by atoms with Gasteiger partial charge >= 0.3 is 0 Å². The smallest absolute Gasteiger partial charge is 0.133 e. The molecule has 0 N–H and O–H groups in total. The van der Waals surface area contributed by atoms with Crippen molar-refractivity contribution in [2.75, 3.05) is 7.11 Å². The molecule has 1 heterocycles. The topological polar surface area (TPSA) is 39.4 Å². The van der Waals surface area contributed by atoms with Crippen LogP contribution in [0.25, 0.3) is 0 Å². The fraction of sp³-hybridized carbons (Fsp3) is 0.500. The minimum absolute atomic E-state index is 0.322. The van der Waals surface area contributed by atoms with Crippen molar-refractivity contribution >= 4 is 6.29 Å². The molecule has 1 saturated carbocycles. The number of rotatable bonds is 4. The fourth-order valence-electron chi connectivity index (χ4n) is 1.57. The molecule has 0 spiro atoms. The number of hydrogen-bond acceptors (Lipinski definition) is 3. The SMILES string of the molecule is COCc1ccoc1C1(C=O)CC1. The Bertz CT molecular complexity index is 310. The number of furan rings is 1. The molecule has 2 rings (SSSR count). The minimum Gasteiger partial charge on any atom is -0.468 e. The third kappa shape index (κ3) is 1.29. The van der Waals surface area contributed by atoms with E-state index in [-0.39, 0.29) is 5.41 Å². The summed E-state index contributed by atoms with van der Waals surface area (Å²) in [5, 5.41) is 0. The lowest BCUT2D eigenvalue weighted by atomic mass is 10.0. The van der Waals surface area contributed by atoms with Gasteiger partial charge in [-0.25, -0.2) is 0 Å². The van der Waals surface area contributed by atoms with Crippen molar-refractivity contribution in [3.8, 4) is 0 Å². The van der Waals surface area contributed by atoms with Crippen LogP contribution in [0.4, 0.5) is 0 Å². The molecule has 0 atom stereocenters. The fourth-order valence-corrected chi connectivity index (χ4v) is 1.57. The average Bonchev–Trinajstić information content (AvgIpc) is 2.82. The Balaban J connectivity index is 2.29. The molecule has 3 nitrogen and oxygen atoms in total. The molecular weight excluding hydrogens is 168 g/mol. The second kappa shape index (κ2) is 3.00. The lowest BCUT2D eigenvalue weighted by Crippen LogP contribution is -2.09. The van der Waals surface area contributed by atoms with E-state index in [1.807, 2.05) is 6.07 Å². The minimum atomic E-state index is -0.322. The van der Waals surface area contributed by atoms with Crippen molar-refractivity contribution < 1.29 is 13.9 Å². The second-order valence-electron chi connectivity index (χ2n) is 3.48.